The Bertz CT molecular complexity index is 709. The van der Waals surface area contributed by atoms with Gasteiger partial charge in [-0.2, -0.15) is 0 Å². The minimum absolute atomic E-state index is 0.613. The van der Waals surface area contributed by atoms with Crippen LogP contribution in [0.15, 0.2) is 24.4 Å². The molecule has 0 bridgehead atoms. The van der Waals surface area contributed by atoms with E-state index in [0.29, 0.717) is 12.0 Å². The highest BCUT2D eigenvalue weighted by Crippen LogP contribution is 2.40. The zero-order chi connectivity index (χ0) is 14.9. The predicted octanol–water partition coefficient (Wildman–Crippen LogP) is 3.69. The molecule has 4 heteroatoms. The van der Waals surface area contributed by atoms with Crippen molar-refractivity contribution in [2.75, 3.05) is 26.3 Å². The number of hydrogen-bond acceptors (Lipinski definition) is 2. The molecule has 2 aromatic rings. The summed E-state index contributed by atoms with van der Waals surface area (Å²) in [4.78, 5) is 9.54. The quantitative estimate of drug-likeness (QED) is 0.857. The van der Waals surface area contributed by atoms with Crippen LogP contribution in [-0.2, 0) is 4.74 Å². The second-order valence-electron chi connectivity index (χ2n) is 6.40. The summed E-state index contributed by atoms with van der Waals surface area (Å²) in [7, 11) is 0. The van der Waals surface area contributed by atoms with Crippen molar-refractivity contribution in [1.82, 2.24) is 9.88 Å². The summed E-state index contributed by atoms with van der Waals surface area (Å²) in [5, 5.41) is 1.24. The molecule has 4 nitrogen and oxygen atoms in total. The van der Waals surface area contributed by atoms with Crippen molar-refractivity contribution in [2.24, 2.45) is 0 Å². The highest BCUT2D eigenvalue weighted by atomic mass is 16.5. The number of aromatic nitrogens is 1. The van der Waals surface area contributed by atoms with Crippen LogP contribution in [0.25, 0.3) is 15.7 Å². The summed E-state index contributed by atoms with van der Waals surface area (Å²) in [5.74, 6) is 0.613. The van der Waals surface area contributed by atoms with Crippen LogP contribution in [-0.4, -0.2) is 42.2 Å². The minimum Gasteiger partial charge on any atom is -0.379 e. The van der Waals surface area contributed by atoms with Crippen molar-refractivity contribution in [1.29, 1.82) is 0 Å². The average Bonchev–Trinajstić information content (AvgIpc) is 3.21. The third kappa shape index (κ3) is 2.41. The molecule has 2 unspecified atom stereocenters. The first kappa shape index (κ1) is 13.8. The van der Waals surface area contributed by atoms with Gasteiger partial charge < -0.3 is 9.72 Å². The summed E-state index contributed by atoms with van der Waals surface area (Å²) in [6, 6.07) is 6.65. The lowest BCUT2D eigenvalue weighted by Crippen LogP contribution is -2.42. The van der Waals surface area contributed by atoms with Crippen LogP contribution >= 0.6 is 0 Å². The molecular formula is C18H21N3O. The van der Waals surface area contributed by atoms with Gasteiger partial charge in [-0.05, 0) is 48.3 Å². The summed E-state index contributed by atoms with van der Waals surface area (Å²) < 4.78 is 5.47. The number of hydrogen-bond donors (Lipinski definition) is 1. The van der Waals surface area contributed by atoms with E-state index < -0.39 is 0 Å². The molecule has 1 aromatic carbocycles. The molecule has 2 aliphatic rings. The predicted molar refractivity (Wildman–Crippen MR) is 87.3 cm³/mol. The van der Waals surface area contributed by atoms with Gasteiger partial charge >= 0.3 is 0 Å². The number of H-pyrrole nitrogens is 1. The van der Waals surface area contributed by atoms with E-state index in [1.54, 1.807) is 0 Å². The SMILES string of the molecule is [C-]#[N+]c1ccc2[nH]cc(C3CCC(N4CCOCC4)C3)c2c1. The maximum Gasteiger partial charge on any atom is 0.187 e. The second-order valence-corrected chi connectivity index (χ2v) is 6.40. The minimum atomic E-state index is 0.613. The second kappa shape index (κ2) is 5.75. The number of nitrogens with zero attached hydrogens (tertiary/aromatic N) is 2. The van der Waals surface area contributed by atoms with Crippen molar-refractivity contribution >= 4 is 16.6 Å². The molecule has 2 fully saturated rings. The van der Waals surface area contributed by atoms with E-state index in [0.717, 1.165) is 37.5 Å². The lowest BCUT2D eigenvalue weighted by Gasteiger charge is -2.32. The summed E-state index contributed by atoms with van der Waals surface area (Å²) >= 11 is 0. The van der Waals surface area contributed by atoms with Gasteiger partial charge in [0.1, 0.15) is 0 Å². The Morgan fingerprint density at radius 2 is 2.09 bits per heavy atom. The molecule has 1 aromatic heterocycles. The fourth-order valence-corrected chi connectivity index (χ4v) is 4.05. The van der Waals surface area contributed by atoms with E-state index in [2.05, 4.69) is 20.9 Å². The number of benzene rings is 1. The van der Waals surface area contributed by atoms with E-state index in [-0.39, 0.29) is 0 Å². The van der Waals surface area contributed by atoms with E-state index in [4.69, 9.17) is 11.3 Å². The van der Waals surface area contributed by atoms with Crippen molar-refractivity contribution in [3.05, 3.63) is 41.4 Å². The number of ether oxygens (including phenoxy) is 1. The largest absolute Gasteiger partial charge is 0.379 e. The number of fused-ring (bicyclic) bond motifs is 1. The molecule has 1 aliphatic heterocycles. The van der Waals surface area contributed by atoms with Gasteiger partial charge in [0.15, 0.2) is 5.69 Å². The first-order valence-electron chi connectivity index (χ1n) is 8.15. The van der Waals surface area contributed by atoms with Crippen LogP contribution in [0, 0.1) is 6.57 Å². The van der Waals surface area contributed by atoms with E-state index in [9.17, 15) is 0 Å². The molecule has 114 valence electrons. The van der Waals surface area contributed by atoms with Crippen LogP contribution in [0.1, 0.15) is 30.7 Å². The molecule has 1 aliphatic carbocycles. The molecule has 4 rings (SSSR count). The van der Waals surface area contributed by atoms with Crippen molar-refractivity contribution in [3.8, 4) is 0 Å². The van der Waals surface area contributed by atoms with Crippen molar-refractivity contribution in [3.63, 3.8) is 0 Å². The Morgan fingerprint density at radius 1 is 1.23 bits per heavy atom. The maximum atomic E-state index is 7.21. The standard InChI is InChI=1S/C18H21N3O/c1-19-14-3-5-18-16(11-14)17(12-20-18)13-2-4-15(10-13)21-6-8-22-9-7-21/h3,5,11-13,15,20H,2,4,6-10H2. The Balaban J connectivity index is 1.56. The number of rotatable bonds is 2. The van der Waals surface area contributed by atoms with Gasteiger partial charge in [-0.3, -0.25) is 4.90 Å². The summed E-state index contributed by atoms with van der Waals surface area (Å²) in [6.07, 6.45) is 5.91. The lowest BCUT2D eigenvalue weighted by atomic mass is 9.96. The van der Waals surface area contributed by atoms with Gasteiger partial charge in [-0.15, -0.1) is 0 Å². The average molecular weight is 295 g/mol. The lowest BCUT2D eigenvalue weighted by molar-refractivity contribution is 0.0177. The Labute approximate surface area is 130 Å². The fourth-order valence-electron chi connectivity index (χ4n) is 4.05. The summed E-state index contributed by atoms with van der Waals surface area (Å²) in [5.41, 5.74) is 3.28. The van der Waals surface area contributed by atoms with Gasteiger partial charge in [0, 0.05) is 30.8 Å². The van der Waals surface area contributed by atoms with Crippen LogP contribution in [0.3, 0.4) is 0 Å². The van der Waals surface area contributed by atoms with Gasteiger partial charge in [0.05, 0.1) is 19.8 Å². The number of aromatic amines is 1. The van der Waals surface area contributed by atoms with Gasteiger partial charge in [0.2, 0.25) is 0 Å². The number of nitrogens with one attached hydrogen (secondary N) is 1. The normalized spacial score (nSPS) is 26.3. The molecule has 2 atom stereocenters. The van der Waals surface area contributed by atoms with E-state index >= 15 is 0 Å². The Hall–Kier alpha value is -1.83. The van der Waals surface area contributed by atoms with E-state index in [1.165, 1.54) is 30.2 Å². The zero-order valence-electron chi connectivity index (χ0n) is 12.7. The third-order valence-corrected chi connectivity index (χ3v) is 5.23. The summed E-state index contributed by atoms with van der Waals surface area (Å²) in [6.45, 7) is 11.1. The molecule has 1 saturated carbocycles. The van der Waals surface area contributed by atoms with Gasteiger partial charge in [0.25, 0.3) is 0 Å². The van der Waals surface area contributed by atoms with Crippen LogP contribution in [0.4, 0.5) is 5.69 Å². The van der Waals surface area contributed by atoms with Crippen molar-refractivity contribution in [2.45, 2.75) is 31.2 Å². The van der Waals surface area contributed by atoms with Gasteiger partial charge in [-0.25, -0.2) is 4.85 Å². The first-order chi connectivity index (χ1) is 10.8. The van der Waals surface area contributed by atoms with E-state index in [1.807, 2.05) is 18.2 Å². The molecule has 0 amide bonds. The first-order valence-corrected chi connectivity index (χ1v) is 8.15. The molecule has 0 radical (unpaired) electrons. The Kier molecular flexibility index (Phi) is 3.61. The highest BCUT2D eigenvalue weighted by Gasteiger charge is 2.31. The fraction of sp³-hybridized carbons (Fsp3) is 0.500. The molecule has 1 saturated heterocycles. The molecule has 0 spiro atoms. The molecule has 2 heterocycles. The van der Waals surface area contributed by atoms with Crippen LogP contribution in [0.2, 0.25) is 0 Å². The van der Waals surface area contributed by atoms with Crippen LogP contribution in [0.5, 0.6) is 0 Å². The monoisotopic (exact) mass is 295 g/mol. The number of morpholine rings is 1. The molecular weight excluding hydrogens is 274 g/mol. The molecule has 1 N–H and O–H groups in total. The third-order valence-electron chi connectivity index (χ3n) is 5.23. The van der Waals surface area contributed by atoms with Gasteiger partial charge in [-0.1, -0.05) is 6.07 Å². The Morgan fingerprint density at radius 3 is 2.91 bits per heavy atom. The van der Waals surface area contributed by atoms with Crippen molar-refractivity contribution < 1.29 is 4.74 Å². The molecule has 22 heavy (non-hydrogen) atoms. The topological polar surface area (TPSA) is 32.6 Å². The zero-order valence-corrected chi connectivity index (χ0v) is 12.7. The highest BCUT2D eigenvalue weighted by molar-refractivity contribution is 5.87. The smallest absolute Gasteiger partial charge is 0.187 e. The van der Waals surface area contributed by atoms with Crippen LogP contribution < -0.4 is 0 Å². The maximum absolute atomic E-state index is 7.21.